The van der Waals surface area contributed by atoms with Gasteiger partial charge >= 0.3 is 5.97 Å². The Morgan fingerprint density at radius 2 is 1.72 bits per heavy atom. The van der Waals surface area contributed by atoms with Crippen molar-refractivity contribution in [3.8, 4) is 0 Å². The van der Waals surface area contributed by atoms with Crippen LogP contribution in [0.2, 0.25) is 5.02 Å². The first-order valence-electron chi connectivity index (χ1n) is 9.97. The highest BCUT2D eigenvalue weighted by Gasteiger charge is 2.27. The fourth-order valence-electron chi connectivity index (χ4n) is 3.08. The van der Waals surface area contributed by atoms with Crippen molar-refractivity contribution in [1.82, 2.24) is 0 Å². The van der Waals surface area contributed by atoms with Crippen LogP contribution in [0.25, 0.3) is 0 Å². The average molecular weight is 471 g/mol. The zero-order chi connectivity index (χ0) is 23.4. The topological polar surface area (TPSA) is 84.5 Å². The largest absolute Gasteiger partial charge is 0.462 e. The van der Waals surface area contributed by atoms with Crippen LogP contribution in [-0.4, -0.2) is 24.4 Å². The number of carbonyl (C=O) groups excluding carboxylic acids is 3. The molecule has 3 rings (SSSR count). The summed E-state index contributed by atoms with van der Waals surface area (Å²) in [5.41, 5.74) is 3.75. The minimum atomic E-state index is -0.543. The van der Waals surface area contributed by atoms with E-state index in [-0.39, 0.29) is 22.0 Å². The normalized spacial score (nSPS) is 10.5. The number of carbonyl (C=O) groups is 3. The predicted octanol–water partition coefficient (Wildman–Crippen LogP) is 6.01. The van der Waals surface area contributed by atoms with E-state index in [4.69, 9.17) is 16.3 Å². The van der Waals surface area contributed by atoms with Crippen molar-refractivity contribution >= 4 is 51.4 Å². The first kappa shape index (κ1) is 23.5. The Hall–Kier alpha value is -3.16. The molecule has 0 aliphatic carbocycles. The molecule has 2 N–H and O–H groups in total. The van der Waals surface area contributed by atoms with Crippen molar-refractivity contribution in [2.45, 2.75) is 27.7 Å². The van der Waals surface area contributed by atoms with Crippen LogP contribution in [0.5, 0.6) is 0 Å². The number of amides is 2. The van der Waals surface area contributed by atoms with E-state index in [1.54, 1.807) is 38.1 Å². The molecule has 3 aromatic rings. The number of hydrogen-bond acceptors (Lipinski definition) is 5. The molecule has 0 aliphatic rings. The van der Waals surface area contributed by atoms with Crippen molar-refractivity contribution in [2.24, 2.45) is 0 Å². The van der Waals surface area contributed by atoms with Crippen LogP contribution in [0, 0.1) is 20.8 Å². The number of aryl methyl sites for hydroxylation is 2. The molecule has 1 aromatic heterocycles. The van der Waals surface area contributed by atoms with Crippen molar-refractivity contribution < 1.29 is 19.1 Å². The molecule has 1 heterocycles. The minimum Gasteiger partial charge on any atom is -0.462 e. The second-order valence-corrected chi connectivity index (χ2v) is 8.66. The van der Waals surface area contributed by atoms with E-state index >= 15 is 0 Å². The monoisotopic (exact) mass is 470 g/mol. The summed E-state index contributed by atoms with van der Waals surface area (Å²) in [5, 5.41) is 6.29. The van der Waals surface area contributed by atoms with E-state index < -0.39 is 17.8 Å². The fraction of sp³-hybridized carbons (Fsp3) is 0.208. The maximum Gasteiger partial charge on any atom is 0.348 e. The van der Waals surface area contributed by atoms with Crippen molar-refractivity contribution in [3.05, 3.63) is 80.2 Å². The molecular formula is C24H23ClN2O4S. The lowest BCUT2D eigenvalue weighted by atomic mass is 10.1. The zero-order valence-corrected chi connectivity index (χ0v) is 19.7. The Morgan fingerprint density at radius 1 is 0.969 bits per heavy atom. The molecule has 2 amide bonds. The third kappa shape index (κ3) is 5.18. The molecule has 32 heavy (non-hydrogen) atoms. The predicted molar refractivity (Wildman–Crippen MR) is 128 cm³/mol. The van der Waals surface area contributed by atoms with Crippen molar-refractivity contribution in [1.29, 1.82) is 0 Å². The SMILES string of the molecule is CCOC(=O)c1sc(NC(=O)c2cccc(Cl)c2)c(C(=O)Nc2ccc(C)c(C)c2)c1C. The summed E-state index contributed by atoms with van der Waals surface area (Å²) in [6.07, 6.45) is 0. The minimum absolute atomic E-state index is 0.199. The lowest BCUT2D eigenvalue weighted by Crippen LogP contribution is -2.18. The summed E-state index contributed by atoms with van der Waals surface area (Å²) in [5.74, 6) is -1.41. The molecule has 0 unspecified atom stereocenters. The van der Waals surface area contributed by atoms with Gasteiger partial charge in [-0.25, -0.2) is 4.79 Å². The summed E-state index contributed by atoms with van der Waals surface area (Å²) in [6, 6.07) is 12.0. The van der Waals surface area contributed by atoms with Gasteiger partial charge in [-0.15, -0.1) is 11.3 Å². The smallest absolute Gasteiger partial charge is 0.348 e. The molecule has 0 bridgehead atoms. The summed E-state index contributed by atoms with van der Waals surface area (Å²) < 4.78 is 5.12. The average Bonchev–Trinajstić information content (AvgIpc) is 3.06. The number of rotatable bonds is 6. The third-order valence-electron chi connectivity index (χ3n) is 4.91. The Labute approximate surface area is 195 Å². The highest BCUT2D eigenvalue weighted by atomic mass is 35.5. The summed E-state index contributed by atoms with van der Waals surface area (Å²) in [6.45, 7) is 7.50. The molecule has 0 spiro atoms. The maximum atomic E-state index is 13.2. The van der Waals surface area contributed by atoms with E-state index in [0.29, 0.717) is 21.8 Å². The van der Waals surface area contributed by atoms with Crippen molar-refractivity contribution in [3.63, 3.8) is 0 Å². The van der Waals surface area contributed by atoms with Gasteiger partial charge in [-0.3, -0.25) is 9.59 Å². The van der Waals surface area contributed by atoms with E-state index in [9.17, 15) is 14.4 Å². The van der Waals surface area contributed by atoms with Crippen LogP contribution in [0.1, 0.15) is 54.0 Å². The van der Waals surface area contributed by atoms with E-state index in [1.165, 1.54) is 6.07 Å². The van der Waals surface area contributed by atoms with Crippen LogP contribution >= 0.6 is 22.9 Å². The van der Waals surface area contributed by atoms with Crippen LogP contribution < -0.4 is 10.6 Å². The van der Waals surface area contributed by atoms with Crippen LogP contribution in [-0.2, 0) is 4.74 Å². The van der Waals surface area contributed by atoms with Gasteiger partial charge < -0.3 is 15.4 Å². The number of nitrogens with one attached hydrogen (secondary N) is 2. The number of hydrogen-bond donors (Lipinski definition) is 2. The molecule has 6 nitrogen and oxygen atoms in total. The molecule has 0 radical (unpaired) electrons. The molecule has 0 saturated heterocycles. The molecule has 0 aliphatic heterocycles. The molecule has 166 valence electrons. The Balaban J connectivity index is 1.98. The van der Waals surface area contributed by atoms with Gasteiger partial charge in [0.25, 0.3) is 11.8 Å². The summed E-state index contributed by atoms with van der Waals surface area (Å²) in [7, 11) is 0. The van der Waals surface area contributed by atoms with Gasteiger partial charge in [0.1, 0.15) is 9.88 Å². The van der Waals surface area contributed by atoms with Crippen LogP contribution in [0.3, 0.4) is 0 Å². The van der Waals surface area contributed by atoms with E-state index in [1.807, 2.05) is 26.0 Å². The van der Waals surface area contributed by atoms with Gasteiger partial charge in [0.15, 0.2) is 0 Å². The Bertz CT molecular complexity index is 1200. The molecule has 2 aromatic carbocycles. The van der Waals surface area contributed by atoms with E-state index in [2.05, 4.69) is 10.6 Å². The van der Waals surface area contributed by atoms with Gasteiger partial charge in [0.05, 0.1) is 12.2 Å². The summed E-state index contributed by atoms with van der Waals surface area (Å²) in [4.78, 5) is 38.7. The molecule has 0 saturated carbocycles. The maximum absolute atomic E-state index is 13.2. The quantitative estimate of drug-likeness (QED) is 0.432. The van der Waals surface area contributed by atoms with Crippen LogP contribution in [0.15, 0.2) is 42.5 Å². The number of halogens is 1. The van der Waals surface area contributed by atoms with Gasteiger partial charge in [-0.05, 0) is 74.7 Å². The van der Waals surface area contributed by atoms with Crippen molar-refractivity contribution in [2.75, 3.05) is 17.2 Å². The lowest BCUT2D eigenvalue weighted by Gasteiger charge is -2.10. The standard InChI is InChI=1S/C24H23ClN2O4S/c1-5-31-24(30)20-15(4)19(22(29)26-18-10-9-13(2)14(3)11-18)23(32-20)27-21(28)16-7-6-8-17(25)12-16/h6-12H,5H2,1-4H3,(H,26,29)(H,27,28). The fourth-order valence-corrected chi connectivity index (χ4v) is 4.37. The third-order valence-corrected chi connectivity index (χ3v) is 6.34. The van der Waals surface area contributed by atoms with Crippen LogP contribution in [0.4, 0.5) is 10.7 Å². The lowest BCUT2D eigenvalue weighted by molar-refractivity contribution is 0.0531. The molecular weight excluding hydrogens is 448 g/mol. The van der Waals surface area contributed by atoms with Gasteiger partial charge in [-0.2, -0.15) is 0 Å². The molecule has 0 fully saturated rings. The Kier molecular flexibility index (Phi) is 7.33. The zero-order valence-electron chi connectivity index (χ0n) is 18.2. The molecule has 0 atom stereocenters. The van der Waals surface area contributed by atoms with Gasteiger partial charge in [0, 0.05) is 16.3 Å². The first-order valence-corrected chi connectivity index (χ1v) is 11.2. The number of ether oxygens (including phenoxy) is 1. The Morgan fingerprint density at radius 3 is 2.38 bits per heavy atom. The van der Waals surface area contributed by atoms with E-state index in [0.717, 1.165) is 22.5 Å². The van der Waals surface area contributed by atoms with Gasteiger partial charge in [-0.1, -0.05) is 23.7 Å². The second kappa shape index (κ2) is 9.97. The summed E-state index contributed by atoms with van der Waals surface area (Å²) >= 11 is 7.00. The number of anilines is 2. The number of benzene rings is 2. The number of thiophene rings is 1. The highest BCUT2D eigenvalue weighted by molar-refractivity contribution is 7.18. The molecule has 8 heteroatoms. The first-order chi connectivity index (χ1) is 15.2. The number of esters is 1. The highest BCUT2D eigenvalue weighted by Crippen LogP contribution is 2.35. The van der Waals surface area contributed by atoms with Gasteiger partial charge in [0.2, 0.25) is 0 Å². The second-order valence-electron chi connectivity index (χ2n) is 7.20.